The maximum Gasteiger partial charge on any atom is 0.125 e. The monoisotopic (exact) mass is 274 g/mol. The third kappa shape index (κ3) is 5.40. The minimum Gasteiger partial charge on any atom is -0.493 e. The number of aryl methyl sites for hydroxylation is 2. The van der Waals surface area contributed by atoms with Gasteiger partial charge in [0.15, 0.2) is 0 Å². The van der Waals surface area contributed by atoms with E-state index in [4.69, 9.17) is 4.74 Å². The van der Waals surface area contributed by atoms with Crippen molar-refractivity contribution in [2.45, 2.75) is 60.8 Å². The molecule has 0 spiro atoms. The van der Waals surface area contributed by atoms with E-state index in [0.29, 0.717) is 0 Å². The van der Waals surface area contributed by atoms with Crippen LogP contribution in [0.2, 0.25) is 0 Å². The maximum atomic E-state index is 6.03. The topological polar surface area (TPSA) is 9.23 Å². The molecule has 0 radical (unpaired) electrons. The van der Waals surface area contributed by atoms with E-state index in [1.165, 1.54) is 35.1 Å². The summed E-state index contributed by atoms with van der Waals surface area (Å²) in [5.41, 5.74) is 5.24. The summed E-state index contributed by atoms with van der Waals surface area (Å²) in [6.07, 6.45) is 5.89. The summed E-state index contributed by atoms with van der Waals surface area (Å²) in [5, 5.41) is 0. The fraction of sp³-hybridized carbons (Fsp3) is 0.579. The Hall–Kier alpha value is -1.24. The van der Waals surface area contributed by atoms with E-state index in [2.05, 4.69) is 59.8 Å². The molecule has 1 atom stereocenters. The summed E-state index contributed by atoms with van der Waals surface area (Å²) in [5.74, 6) is 1.80. The summed E-state index contributed by atoms with van der Waals surface area (Å²) in [7, 11) is 0. The van der Waals surface area contributed by atoms with Crippen LogP contribution < -0.4 is 4.74 Å². The highest BCUT2D eigenvalue weighted by Gasteiger charge is 2.07. The third-order valence-corrected chi connectivity index (χ3v) is 3.94. The van der Waals surface area contributed by atoms with E-state index in [-0.39, 0.29) is 0 Å². The van der Waals surface area contributed by atoms with Crippen molar-refractivity contribution in [3.63, 3.8) is 0 Å². The van der Waals surface area contributed by atoms with Gasteiger partial charge < -0.3 is 4.74 Å². The van der Waals surface area contributed by atoms with Crippen LogP contribution >= 0.6 is 0 Å². The average Bonchev–Trinajstić information content (AvgIpc) is 2.38. The Morgan fingerprint density at radius 1 is 1.10 bits per heavy atom. The van der Waals surface area contributed by atoms with Crippen molar-refractivity contribution in [2.75, 3.05) is 6.61 Å². The van der Waals surface area contributed by atoms with E-state index in [9.17, 15) is 0 Å². The highest BCUT2D eigenvalue weighted by atomic mass is 16.5. The van der Waals surface area contributed by atoms with Crippen molar-refractivity contribution in [1.29, 1.82) is 0 Å². The Labute approximate surface area is 125 Å². The van der Waals surface area contributed by atoms with Crippen LogP contribution in [0.3, 0.4) is 0 Å². The minimum absolute atomic E-state index is 0.719. The zero-order valence-electron chi connectivity index (χ0n) is 14.0. The summed E-state index contributed by atoms with van der Waals surface area (Å²) in [4.78, 5) is 0. The molecular formula is C19H30O. The fourth-order valence-corrected chi connectivity index (χ4v) is 2.31. The van der Waals surface area contributed by atoms with Crippen LogP contribution in [0.15, 0.2) is 23.8 Å². The molecule has 0 aliphatic carbocycles. The Morgan fingerprint density at radius 3 is 2.40 bits per heavy atom. The molecule has 1 aromatic carbocycles. The van der Waals surface area contributed by atoms with Crippen LogP contribution in [0.5, 0.6) is 5.75 Å². The quantitative estimate of drug-likeness (QED) is 0.574. The van der Waals surface area contributed by atoms with Crippen molar-refractivity contribution < 1.29 is 4.74 Å². The predicted molar refractivity (Wildman–Crippen MR) is 88.6 cm³/mol. The molecule has 1 heteroatoms. The zero-order chi connectivity index (χ0) is 15.1. The molecule has 1 nitrogen and oxygen atoms in total. The number of ether oxygens (including phenoxy) is 1. The first-order chi connectivity index (χ1) is 9.41. The zero-order valence-corrected chi connectivity index (χ0v) is 14.0. The Balaban J connectivity index is 2.41. The van der Waals surface area contributed by atoms with Gasteiger partial charge in [0.25, 0.3) is 0 Å². The van der Waals surface area contributed by atoms with Gasteiger partial charge >= 0.3 is 0 Å². The van der Waals surface area contributed by atoms with Crippen molar-refractivity contribution in [2.24, 2.45) is 5.92 Å². The lowest BCUT2D eigenvalue weighted by atomic mass is 10.0. The van der Waals surface area contributed by atoms with Gasteiger partial charge in [0.2, 0.25) is 0 Å². The highest BCUT2D eigenvalue weighted by Crippen LogP contribution is 2.26. The summed E-state index contributed by atoms with van der Waals surface area (Å²) >= 11 is 0. The summed E-state index contributed by atoms with van der Waals surface area (Å²) in [6, 6.07) is 4.31. The lowest BCUT2D eigenvalue weighted by Gasteiger charge is -2.16. The first-order valence-electron chi connectivity index (χ1n) is 7.74. The molecule has 0 saturated heterocycles. The Morgan fingerprint density at radius 2 is 1.75 bits per heavy atom. The number of hydrogen-bond acceptors (Lipinski definition) is 1. The van der Waals surface area contributed by atoms with E-state index in [0.717, 1.165) is 24.7 Å². The van der Waals surface area contributed by atoms with E-state index in [1.54, 1.807) is 0 Å². The highest BCUT2D eigenvalue weighted by molar-refractivity contribution is 5.44. The van der Waals surface area contributed by atoms with Gasteiger partial charge in [-0.25, -0.2) is 0 Å². The van der Waals surface area contributed by atoms with Gasteiger partial charge in [-0.05, 0) is 76.5 Å². The molecule has 0 amide bonds. The van der Waals surface area contributed by atoms with Crippen molar-refractivity contribution >= 4 is 0 Å². The number of hydrogen-bond donors (Lipinski definition) is 0. The molecule has 0 aromatic heterocycles. The molecule has 20 heavy (non-hydrogen) atoms. The van der Waals surface area contributed by atoms with Crippen LogP contribution in [0.1, 0.15) is 56.7 Å². The fourth-order valence-electron chi connectivity index (χ4n) is 2.31. The first-order valence-corrected chi connectivity index (χ1v) is 7.74. The first kappa shape index (κ1) is 16.8. The molecule has 1 aromatic rings. The van der Waals surface area contributed by atoms with E-state index < -0.39 is 0 Å². The molecule has 0 heterocycles. The van der Waals surface area contributed by atoms with Crippen LogP contribution in [0, 0.1) is 26.7 Å². The molecule has 0 bridgehead atoms. The van der Waals surface area contributed by atoms with Crippen molar-refractivity contribution in [1.82, 2.24) is 0 Å². The molecule has 1 rings (SSSR count). The Kier molecular flexibility index (Phi) is 6.84. The van der Waals surface area contributed by atoms with Crippen LogP contribution in [-0.2, 0) is 0 Å². The molecule has 0 aliphatic rings. The Bertz CT molecular complexity index is 453. The van der Waals surface area contributed by atoms with Gasteiger partial charge in [0.05, 0.1) is 6.61 Å². The van der Waals surface area contributed by atoms with Gasteiger partial charge in [-0.15, -0.1) is 0 Å². The standard InChI is InChI=1S/C19H30O/c1-14(2)8-7-9-15(3)12-13-20-19-17(5)11-10-16(4)18(19)6/h8,10-11,15H,7,9,12-13H2,1-6H3/t15-/m0/s1. The largest absolute Gasteiger partial charge is 0.493 e. The van der Waals surface area contributed by atoms with E-state index in [1.807, 2.05) is 0 Å². The molecule has 0 unspecified atom stereocenters. The van der Waals surface area contributed by atoms with Crippen molar-refractivity contribution in [3.05, 3.63) is 40.5 Å². The van der Waals surface area contributed by atoms with Crippen molar-refractivity contribution in [3.8, 4) is 5.75 Å². The minimum atomic E-state index is 0.719. The predicted octanol–water partition coefficient (Wildman–Crippen LogP) is 5.76. The smallest absolute Gasteiger partial charge is 0.125 e. The van der Waals surface area contributed by atoms with Gasteiger partial charge in [-0.3, -0.25) is 0 Å². The lowest BCUT2D eigenvalue weighted by Crippen LogP contribution is -2.06. The number of benzene rings is 1. The second-order valence-electron chi connectivity index (χ2n) is 6.25. The third-order valence-electron chi connectivity index (χ3n) is 3.94. The SMILES string of the molecule is CC(C)=CCC[C@H](C)CCOc1c(C)ccc(C)c1C. The molecule has 112 valence electrons. The van der Waals surface area contributed by atoms with Gasteiger partial charge in [-0.2, -0.15) is 0 Å². The summed E-state index contributed by atoms with van der Waals surface area (Å²) < 4.78 is 6.03. The summed E-state index contributed by atoms with van der Waals surface area (Å²) in [6.45, 7) is 13.9. The number of rotatable bonds is 7. The molecular weight excluding hydrogens is 244 g/mol. The molecule has 0 aliphatic heterocycles. The van der Waals surface area contributed by atoms with Gasteiger partial charge in [-0.1, -0.05) is 30.7 Å². The van der Waals surface area contributed by atoms with Crippen LogP contribution in [0.4, 0.5) is 0 Å². The van der Waals surface area contributed by atoms with Crippen LogP contribution in [-0.4, -0.2) is 6.61 Å². The maximum absolute atomic E-state index is 6.03. The normalized spacial score (nSPS) is 12.1. The lowest BCUT2D eigenvalue weighted by molar-refractivity contribution is 0.276. The molecule has 0 fully saturated rings. The second kappa shape index (κ2) is 8.14. The molecule has 0 saturated carbocycles. The average molecular weight is 274 g/mol. The number of allylic oxidation sites excluding steroid dienone is 2. The van der Waals surface area contributed by atoms with Gasteiger partial charge in [0, 0.05) is 0 Å². The van der Waals surface area contributed by atoms with Gasteiger partial charge in [0.1, 0.15) is 5.75 Å². The van der Waals surface area contributed by atoms with Crippen LogP contribution in [0.25, 0.3) is 0 Å². The second-order valence-corrected chi connectivity index (χ2v) is 6.25. The molecule has 0 N–H and O–H groups in total. The van der Waals surface area contributed by atoms with E-state index >= 15 is 0 Å².